The van der Waals surface area contributed by atoms with E-state index in [1.807, 2.05) is 54.6 Å². The largest absolute Gasteiger partial charge is 0.370 e. The van der Waals surface area contributed by atoms with E-state index in [1.54, 1.807) is 6.20 Å². The van der Waals surface area contributed by atoms with Crippen LogP contribution in [-0.2, 0) is 4.79 Å². The second-order valence-electron chi connectivity index (χ2n) is 6.77. The Morgan fingerprint density at radius 2 is 1.78 bits per heavy atom. The van der Waals surface area contributed by atoms with Crippen LogP contribution in [0.2, 0.25) is 0 Å². The summed E-state index contributed by atoms with van der Waals surface area (Å²) in [6.07, 6.45) is 3.17. The molecule has 0 bridgehead atoms. The Labute approximate surface area is 158 Å². The van der Waals surface area contributed by atoms with E-state index in [2.05, 4.69) is 21.3 Å². The van der Waals surface area contributed by atoms with Gasteiger partial charge < -0.3 is 10.2 Å². The van der Waals surface area contributed by atoms with Gasteiger partial charge >= 0.3 is 0 Å². The summed E-state index contributed by atoms with van der Waals surface area (Å²) in [5, 5.41) is 13.5. The highest BCUT2D eigenvalue weighted by Gasteiger charge is 2.27. The highest BCUT2D eigenvalue weighted by atomic mass is 16.1. The van der Waals surface area contributed by atoms with Crippen molar-refractivity contribution in [1.29, 1.82) is 5.26 Å². The Bertz CT molecular complexity index is 1000. The molecule has 27 heavy (non-hydrogen) atoms. The molecule has 5 nitrogen and oxygen atoms in total. The van der Waals surface area contributed by atoms with Gasteiger partial charge in [-0.1, -0.05) is 36.4 Å². The van der Waals surface area contributed by atoms with E-state index in [0.29, 0.717) is 5.56 Å². The summed E-state index contributed by atoms with van der Waals surface area (Å²) in [7, 11) is 0. The molecule has 134 valence electrons. The van der Waals surface area contributed by atoms with Gasteiger partial charge in [0.15, 0.2) is 0 Å². The van der Waals surface area contributed by atoms with Crippen molar-refractivity contribution in [3.05, 3.63) is 66.4 Å². The molecule has 1 fully saturated rings. The van der Waals surface area contributed by atoms with Crippen molar-refractivity contribution in [2.75, 3.05) is 23.3 Å². The quantitative estimate of drug-likeness (QED) is 0.771. The van der Waals surface area contributed by atoms with Gasteiger partial charge in [0.25, 0.3) is 0 Å². The maximum Gasteiger partial charge on any atom is 0.227 e. The molecule has 1 aliphatic heterocycles. The summed E-state index contributed by atoms with van der Waals surface area (Å²) in [4.78, 5) is 19.2. The van der Waals surface area contributed by atoms with Crippen LogP contribution in [0.4, 0.5) is 11.4 Å². The Morgan fingerprint density at radius 3 is 2.52 bits per heavy atom. The molecule has 3 aromatic rings. The molecule has 2 aromatic carbocycles. The number of hydrogen-bond donors (Lipinski definition) is 1. The van der Waals surface area contributed by atoms with Gasteiger partial charge in [-0.3, -0.25) is 9.78 Å². The number of carbonyl (C=O) groups is 1. The van der Waals surface area contributed by atoms with Gasteiger partial charge in [0.2, 0.25) is 5.91 Å². The minimum Gasteiger partial charge on any atom is -0.370 e. The number of rotatable bonds is 3. The second-order valence-corrected chi connectivity index (χ2v) is 6.77. The predicted molar refractivity (Wildman–Crippen MR) is 106 cm³/mol. The minimum absolute atomic E-state index is 0.0138. The first kappa shape index (κ1) is 17.0. The third-order valence-electron chi connectivity index (χ3n) is 5.09. The van der Waals surface area contributed by atoms with E-state index in [0.717, 1.165) is 48.2 Å². The van der Waals surface area contributed by atoms with Crippen LogP contribution in [0.1, 0.15) is 18.4 Å². The topological polar surface area (TPSA) is 69.0 Å². The number of carbonyl (C=O) groups excluding carboxylic acids is 1. The number of benzene rings is 2. The first-order chi connectivity index (χ1) is 13.3. The Balaban J connectivity index is 1.51. The average molecular weight is 356 g/mol. The number of para-hydroxylation sites is 2. The summed E-state index contributed by atoms with van der Waals surface area (Å²) in [6, 6.07) is 19.7. The fourth-order valence-electron chi connectivity index (χ4n) is 3.68. The molecule has 2 heterocycles. The van der Waals surface area contributed by atoms with Gasteiger partial charge in [-0.2, -0.15) is 5.26 Å². The number of pyridine rings is 1. The molecule has 0 saturated carbocycles. The zero-order valence-corrected chi connectivity index (χ0v) is 14.9. The van der Waals surface area contributed by atoms with Crippen molar-refractivity contribution in [3.8, 4) is 6.07 Å². The molecule has 1 N–H and O–H groups in total. The molecular formula is C22H20N4O. The molecule has 1 aliphatic rings. The van der Waals surface area contributed by atoms with Gasteiger partial charge in [0, 0.05) is 36.3 Å². The molecule has 4 rings (SSSR count). The summed E-state index contributed by atoms with van der Waals surface area (Å²) >= 11 is 0. The van der Waals surface area contributed by atoms with Crippen LogP contribution < -0.4 is 10.2 Å². The number of nitrogens with zero attached hydrogens (tertiary/aromatic N) is 3. The van der Waals surface area contributed by atoms with Crippen molar-refractivity contribution in [1.82, 2.24) is 4.98 Å². The lowest BCUT2D eigenvalue weighted by Gasteiger charge is -2.34. The van der Waals surface area contributed by atoms with Crippen LogP contribution >= 0.6 is 0 Å². The van der Waals surface area contributed by atoms with Crippen molar-refractivity contribution in [3.63, 3.8) is 0 Å². The molecule has 0 spiro atoms. The molecule has 0 unspecified atom stereocenters. The van der Waals surface area contributed by atoms with Gasteiger partial charge in [-0.25, -0.2) is 0 Å². The fourth-order valence-corrected chi connectivity index (χ4v) is 3.68. The van der Waals surface area contributed by atoms with Crippen LogP contribution in [-0.4, -0.2) is 24.0 Å². The highest BCUT2D eigenvalue weighted by Crippen LogP contribution is 2.32. The number of hydrogen-bond acceptors (Lipinski definition) is 4. The summed E-state index contributed by atoms with van der Waals surface area (Å²) in [5.41, 5.74) is 3.23. The number of anilines is 2. The number of amides is 1. The number of fused-ring (bicyclic) bond motifs is 1. The first-order valence-electron chi connectivity index (χ1n) is 9.15. The zero-order chi connectivity index (χ0) is 18.6. The van der Waals surface area contributed by atoms with Gasteiger partial charge in [0.05, 0.1) is 16.8 Å². The third kappa shape index (κ3) is 3.47. The molecule has 1 aromatic heterocycles. The third-order valence-corrected chi connectivity index (χ3v) is 5.09. The maximum absolute atomic E-state index is 12.6. The maximum atomic E-state index is 12.6. The van der Waals surface area contributed by atoms with Crippen molar-refractivity contribution in [2.45, 2.75) is 12.8 Å². The van der Waals surface area contributed by atoms with Gasteiger partial charge in [-0.15, -0.1) is 0 Å². The van der Waals surface area contributed by atoms with Crippen molar-refractivity contribution >= 4 is 28.2 Å². The molecule has 1 amide bonds. The number of nitrogens with one attached hydrogen (secondary N) is 1. The van der Waals surface area contributed by atoms with Crippen LogP contribution in [0.5, 0.6) is 0 Å². The van der Waals surface area contributed by atoms with E-state index < -0.39 is 0 Å². The van der Waals surface area contributed by atoms with Gasteiger partial charge in [-0.05, 0) is 31.0 Å². The van der Waals surface area contributed by atoms with Crippen molar-refractivity contribution < 1.29 is 4.79 Å². The number of nitriles is 1. The Kier molecular flexibility index (Phi) is 4.71. The molecular weight excluding hydrogens is 336 g/mol. The molecule has 5 heteroatoms. The lowest BCUT2D eigenvalue weighted by Crippen LogP contribution is -2.38. The smallest absolute Gasteiger partial charge is 0.227 e. The monoisotopic (exact) mass is 356 g/mol. The predicted octanol–water partition coefficient (Wildman–Crippen LogP) is 3.96. The molecule has 1 saturated heterocycles. The molecule has 0 atom stereocenters. The molecule has 0 radical (unpaired) electrons. The van der Waals surface area contributed by atoms with E-state index >= 15 is 0 Å². The van der Waals surface area contributed by atoms with Crippen LogP contribution in [0, 0.1) is 17.2 Å². The standard InChI is InChI=1S/C22H20N4O/c23-14-17-15-24-20-9-5-4-8-19(20)21(17)26-12-10-16(11-13-26)22(27)25-18-6-2-1-3-7-18/h1-9,15-16H,10-13H2,(H,25,27). The Morgan fingerprint density at radius 1 is 1.07 bits per heavy atom. The fraction of sp³-hybridized carbons (Fsp3) is 0.227. The lowest BCUT2D eigenvalue weighted by molar-refractivity contribution is -0.120. The lowest BCUT2D eigenvalue weighted by atomic mass is 9.94. The van der Waals surface area contributed by atoms with E-state index in [1.165, 1.54) is 0 Å². The second kappa shape index (κ2) is 7.46. The van der Waals surface area contributed by atoms with E-state index in [9.17, 15) is 10.1 Å². The van der Waals surface area contributed by atoms with E-state index in [-0.39, 0.29) is 11.8 Å². The first-order valence-corrected chi connectivity index (χ1v) is 9.15. The van der Waals surface area contributed by atoms with Crippen LogP contribution in [0.25, 0.3) is 10.9 Å². The minimum atomic E-state index is -0.0138. The SMILES string of the molecule is N#Cc1cnc2ccccc2c1N1CCC(C(=O)Nc2ccccc2)CC1. The summed E-state index contributed by atoms with van der Waals surface area (Å²) in [5.74, 6) is 0.0565. The normalized spacial score (nSPS) is 14.7. The average Bonchev–Trinajstić information content (AvgIpc) is 2.73. The summed E-state index contributed by atoms with van der Waals surface area (Å²) in [6.45, 7) is 1.49. The number of aromatic nitrogens is 1. The van der Waals surface area contributed by atoms with E-state index in [4.69, 9.17) is 0 Å². The Hall–Kier alpha value is -3.39. The van der Waals surface area contributed by atoms with Crippen LogP contribution in [0.3, 0.4) is 0 Å². The van der Waals surface area contributed by atoms with Crippen LogP contribution in [0.15, 0.2) is 60.8 Å². The number of piperidine rings is 1. The van der Waals surface area contributed by atoms with Gasteiger partial charge in [0.1, 0.15) is 6.07 Å². The highest BCUT2D eigenvalue weighted by molar-refractivity contribution is 5.95. The zero-order valence-electron chi connectivity index (χ0n) is 14.9. The summed E-state index contributed by atoms with van der Waals surface area (Å²) < 4.78 is 0. The van der Waals surface area contributed by atoms with Crippen molar-refractivity contribution in [2.24, 2.45) is 5.92 Å². The molecule has 0 aliphatic carbocycles.